The molecule has 3 unspecified atom stereocenters. The van der Waals surface area contributed by atoms with Crippen molar-refractivity contribution in [2.24, 2.45) is 0 Å². The lowest BCUT2D eigenvalue weighted by atomic mass is 10.0. The van der Waals surface area contributed by atoms with Crippen LogP contribution in [0.1, 0.15) is 48.9 Å². The molecule has 0 aliphatic carbocycles. The number of hydrogen-bond donors (Lipinski definition) is 6. The van der Waals surface area contributed by atoms with Crippen molar-refractivity contribution in [3.8, 4) is 0 Å². The molecule has 3 atom stereocenters. The Kier molecular flexibility index (Phi) is 10.9. The van der Waals surface area contributed by atoms with Crippen molar-refractivity contribution in [1.29, 1.82) is 0 Å². The molecule has 0 saturated heterocycles. The lowest BCUT2D eigenvalue weighted by molar-refractivity contribution is -0.0788. The van der Waals surface area contributed by atoms with E-state index in [0.717, 1.165) is 16.8 Å². The number of anilines is 1. The topological polar surface area (TPSA) is 109 Å². The average molecular weight is 555 g/mol. The van der Waals surface area contributed by atoms with Crippen LogP contribution >= 0.6 is 0 Å². The van der Waals surface area contributed by atoms with Gasteiger partial charge in [-0.3, -0.25) is 5.32 Å². The third kappa shape index (κ3) is 7.30. The number of rotatable bonds is 16. The number of nitrogens with one attached hydrogen (secondary N) is 3. The van der Waals surface area contributed by atoms with Crippen LogP contribution in [0.2, 0.25) is 0 Å². The van der Waals surface area contributed by atoms with Crippen LogP contribution < -0.4 is 16.0 Å². The summed E-state index contributed by atoms with van der Waals surface area (Å²) in [5, 5.41) is 38.4. The van der Waals surface area contributed by atoms with Gasteiger partial charge in [-0.25, -0.2) is 4.39 Å². The predicted octanol–water partition coefficient (Wildman–Crippen LogP) is 3.81. The average Bonchev–Trinajstić information content (AvgIpc) is 3.28. The normalized spacial score (nSPS) is 15.9. The monoisotopic (exact) mass is 554 g/mol. The van der Waals surface area contributed by atoms with Crippen LogP contribution in [0.3, 0.4) is 0 Å². The molecule has 218 valence electrons. The minimum absolute atomic E-state index is 0.258. The largest absolute Gasteiger partial charge is 0.388 e. The van der Waals surface area contributed by atoms with Crippen molar-refractivity contribution in [2.75, 3.05) is 18.9 Å². The van der Waals surface area contributed by atoms with E-state index >= 15 is 4.39 Å². The maximum absolute atomic E-state index is 15.5. The first kappa shape index (κ1) is 31.3. The molecule has 1 aliphatic heterocycles. The van der Waals surface area contributed by atoms with Gasteiger partial charge in [0, 0.05) is 67.6 Å². The standard InChI is InChI=1S/C31H43FN4O4/c1-7-8-15-31(39,23(5)33-6)36-19-27-26(22(36)4)13-10-14-28(27)34-18-25-12-9-11-24(29(25)32)16-20(2)40-21(3)17-35-30(37)38/h7,9-14,20-21,30,33-35,37-39H,1,4-5,8,15-19H2,2-3,6H3. The molecule has 3 rings (SSSR count). The van der Waals surface area contributed by atoms with Crippen LogP contribution in [0.4, 0.5) is 10.1 Å². The van der Waals surface area contributed by atoms with Crippen molar-refractivity contribution < 1.29 is 24.4 Å². The molecule has 0 amide bonds. The first-order chi connectivity index (χ1) is 19.0. The summed E-state index contributed by atoms with van der Waals surface area (Å²) in [5.74, 6) is -0.287. The van der Waals surface area contributed by atoms with Gasteiger partial charge in [-0.1, -0.05) is 49.6 Å². The van der Waals surface area contributed by atoms with E-state index in [1.807, 2.05) is 43.0 Å². The first-order valence-corrected chi connectivity index (χ1v) is 13.6. The third-order valence-electron chi connectivity index (χ3n) is 7.25. The fraction of sp³-hybridized carbons (Fsp3) is 0.419. The number of fused-ring (bicyclic) bond motifs is 1. The summed E-state index contributed by atoms with van der Waals surface area (Å²) >= 11 is 0. The van der Waals surface area contributed by atoms with E-state index in [9.17, 15) is 5.11 Å². The Bertz CT molecular complexity index is 1200. The van der Waals surface area contributed by atoms with E-state index in [0.29, 0.717) is 48.3 Å². The van der Waals surface area contributed by atoms with Gasteiger partial charge in [0.25, 0.3) is 0 Å². The van der Waals surface area contributed by atoms with E-state index in [4.69, 9.17) is 14.9 Å². The van der Waals surface area contributed by atoms with Crippen LogP contribution in [0.15, 0.2) is 67.9 Å². The van der Waals surface area contributed by atoms with Gasteiger partial charge in [0.15, 0.2) is 5.72 Å². The highest BCUT2D eigenvalue weighted by molar-refractivity contribution is 5.75. The Morgan fingerprint density at radius 3 is 2.55 bits per heavy atom. The summed E-state index contributed by atoms with van der Waals surface area (Å²) in [6.45, 7) is 16.7. The van der Waals surface area contributed by atoms with E-state index in [1.54, 1.807) is 25.3 Å². The second-order valence-corrected chi connectivity index (χ2v) is 10.2. The fourth-order valence-corrected chi connectivity index (χ4v) is 5.09. The first-order valence-electron chi connectivity index (χ1n) is 13.6. The second-order valence-electron chi connectivity index (χ2n) is 10.2. The maximum Gasteiger partial charge on any atom is 0.211 e. The number of likely N-dealkylation sites (N-methyl/N-ethyl adjacent to an activating group) is 1. The van der Waals surface area contributed by atoms with Crippen molar-refractivity contribution in [3.63, 3.8) is 0 Å². The SMILES string of the molecule is C=CCCC(O)(C(=C)NC)N1Cc2c(NCc3cccc(CC(C)OC(C)CNC(O)O)c3F)cccc2C1=C. The summed E-state index contributed by atoms with van der Waals surface area (Å²) in [6.07, 6.45) is 0.994. The molecule has 6 N–H and O–H groups in total. The minimum Gasteiger partial charge on any atom is -0.388 e. The molecule has 2 aromatic rings. The van der Waals surface area contributed by atoms with Gasteiger partial charge >= 0.3 is 0 Å². The van der Waals surface area contributed by atoms with Crippen molar-refractivity contribution in [3.05, 3.63) is 96.0 Å². The summed E-state index contributed by atoms with van der Waals surface area (Å²) < 4.78 is 21.3. The molecule has 0 saturated carbocycles. The number of aliphatic hydroxyl groups is 3. The van der Waals surface area contributed by atoms with Gasteiger partial charge in [0.1, 0.15) is 5.82 Å². The van der Waals surface area contributed by atoms with E-state index < -0.39 is 12.1 Å². The summed E-state index contributed by atoms with van der Waals surface area (Å²) in [6, 6.07) is 11.2. The molecular formula is C31H43FN4O4. The molecule has 0 fully saturated rings. The smallest absolute Gasteiger partial charge is 0.211 e. The molecule has 9 heteroatoms. The lowest BCUT2D eigenvalue weighted by Crippen LogP contribution is -2.49. The van der Waals surface area contributed by atoms with Crippen molar-refractivity contribution in [2.45, 2.75) is 70.5 Å². The van der Waals surface area contributed by atoms with Crippen LogP contribution in [0.5, 0.6) is 0 Å². The Morgan fingerprint density at radius 2 is 1.88 bits per heavy atom. The van der Waals surface area contributed by atoms with E-state index in [2.05, 4.69) is 35.7 Å². The molecule has 8 nitrogen and oxygen atoms in total. The highest BCUT2D eigenvalue weighted by atomic mass is 19.1. The number of benzene rings is 2. The number of hydrogen-bond acceptors (Lipinski definition) is 8. The van der Waals surface area contributed by atoms with Gasteiger partial charge in [0.05, 0.1) is 17.9 Å². The molecule has 0 aromatic heterocycles. The molecule has 2 aromatic carbocycles. The fourth-order valence-electron chi connectivity index (χ4n) is 5.09. The Hall–Kier alpha value is -3.21. The van der Waals surface area contributed by atoms with Crippen LogP contribution in [-0.4, -0.2) is 58.2 Å². The molecular weight excluding hydrogens is 511 g/mol. The Morgan fingerprint density at radius 1 is 1.18 bits per heavy atom. The van der Waals surface area contributed by atoms with Crippen LogP contribution in [-0.2, 0) is 24.2 Å². The highest BCUT2D eigenvalue weighted by Gasteiger charge is 2.41. The summed E-state index contributed by atoms with van der Waals surface area (Å²) in [5.41, 5.74) is 3.64. The van der Waals surface area contributed by atoms with Gasteiger partial charge in [-0.15, -0.1) is 6.58 Å². The lowest BCUT2D eigenvalue weighted by Gasteiger charge is -2.40. The second kappa shape index (κ2) is 13.9. The maximum atomic E-state index is 15.5. The quantitative estimate of drug-likeness (QED) is 0.137. The zero-order valence-electron chi connectivity index (χ0n) is 23.7. The number of ether oxygens (including phenoxy) is 1. The van der Waals surface area contributed by atoms with Gasteiger partial charge < -0.3 is 35.6 Å². The third-order valence-corrected chi connectivity index (χ3v) is 7.25. The number of nitrogens with zero attached hydrogens (tertiary/aromatic N) is 1. The Labute approximate surface area is 236 Å². The number of allylic oxidation sites excluding steroid dienone is 1. The highest BCUT2D eigenvalue weighted by Crippen LogP contribution is 2.42. The number of halogens is 1. The molecule has 0 bridgehead atoms. The molecule has 40 heavy (non-hydrogen) atoms. The van der Waals surface area contributed by atoms with Gasteiger partial charge in [-0.2, -0.15) is 0 Å². The van der Waals surface area contributed by atoms with Crippen LogP contribution in [0, 0.1) is 5.82 Å². The van der Waals surface area contributed by atoms with Crippen molar-refractivity contribution >= 4 is 11.4 Å². The summed E-state index contributed by atoms with van der Waals surface area (Å²) in [7, 11) is 1.73. The molecule has 0 spiro atoms. The zero-order chi connectivity index (χ0) is 29.4. The molecule has 0 radical (unpaired) electrons. The summed E-state index contributed by atoms with van der Waals surface area (Å²) in [4.78, 5) is 1.85. The Balaban J connectivity index is 1.72. The number of aliphatic hydroxyl groups excluding tert-OH is 1. The van der Waals surface area contributed by atoms with E-state index in [-0.39, 0.29) is 31.1 Å². The minimum atomic E-state index is -1.61. The molecule has 1 aliphatic rings. The van der Waals surface area contributed by atoms with Crippen LogP contribution in [0.25, 0.3) is 5.70 Å². The molecule has 1 heterocycles. The van der Waals surface area contributed by atoms with Gasteiger partial charge in [0.2, 0.25) is 6.41 Å². The predicted molar refractivity (Wildman–Crippen MR) is 157 cm³/mol. The zero-order valence-corrected chi connectivity index (χ0v) is 23.7. The van der Waals surface area contributed by atoms with Crippen molar-refractivity contribution in [1.82, 2.24) is 15.5 Å². The van der Waals surface area contributed by atoms with E-state index in [1.165, 1.54) is 0 Å². The van der Waals surface area contributed by atoms with Gasteiger partial charge in [-0.05, 0) is 31.9 Å².